The SMILES string of the molecule is CNC(=O)CN1Cc2c(C(=O)N3CC=CC3)ncn2-c2ccccc2S1(=O)=O. The molecule has 0 fully saturated rings. The first-order valence-electron chi connectivity index (χ1n) is 8.74. The zero-order valence-corrected chi connectivity index (χ0v) is 16.0. The van der Waals surface area contributed by atoms with Crippen LogP contribution in [0.3, 0.4) is 0 Å². The summed E-state index contributed by atoms with van der Waals surface area (Å²) in [5, 5.41) is 2.44. The zero-order chi connectivity index (χ0) is 19.9. The second-order valence-electron chi connectivity index (χ2n) is 6.51. The Morgan fingerprint density at radius 2 is 1.89 bits per heavy atom. The fraction of sp³-hybridized carbons (Fsp3) is 0.278. The van der Waals surface area contributed by atoms with Crippen molar-refractivity contribution in [2.24, 2.45) is 0 Å². The van der Waals surface area contributed by atoms with Crippen molar-refractivity contribution in [1.82, 2.24) is 24.1 Å². The van der Waals surface area contributed by atoms with Crippen molar-refractivity contribution in [2.75, 3.05) is 26.7 Å². The van der Waals surface area contributed by atoms with Gasteiger partial charge in [0, 0.05) is 20.1 Å². The summed E-state index contributed by atoms with van der Waals surface area (Å²) in [6.45, 7) is 0.494. The van der Waals surface area contributed by atoms with Gasteiger partial charge in [0.2, 0.25) is 15.9 Å². The summed E-state index contributed by atoms with van der Waals surface area (Å²) in [4.78, 5) is 30.8. The van der Waals surface area contributed by atoms with Gasteiger partial charge in [0.05, 0.1) is 24.5 Å². The van der Waals surface area contributed by atoms with Gasteiger partial charge in [-0.05, 0) is 12.1 Å². The van der Waals surface area contributed by atoms with Crippen molar-refractivity contribution in [3.63, 3.8) is 0 Å². The van der Waals surface area contributed by atoms with E-state index in [1.54, 1.807) is 27.7 Å². The van der Waals surface area contributed by atoms with E-state index in [0.717, 1.165) is 4.31 Å². The number of imidazole rings is 1. The number of carbonyl (C=O) groups is 2. The predicted molar refractivity (Wildman–Crippen MR) is 100 cm³/mol. The maximum absolute atomic E-state index is 13.2. The van der Waals surface area contributed by atoms with E-state index in [2.05, 4.69) is 10.3 Å². The molecule has 2 aliphatic heterocycles. The molecule has 2 aliphatic rings. The smallest absolute Gasteiger partial charge is 0.274 e. The summed E-state index contributed by atoms with van der Waals surface area (Å²) in [5.74, 6) is -0.707. The van der Waals surface area contributed by atoms with Crippen LogP contribution < -0.4 is 5.32 Å². The third kappa shape index (κ3) is 2.90. The lowest BCUT2D eigenvalue weighted by Crippen LogP contribution is -2.39. The van der Waals surface area contributed by atoms with Gasteiger partial charge in [-0.3, -0.25) is 14.2 Å². The number of nitrogens with one attached hydrogen (secondary N) is 1. The molecule has 10 heteroatoms. The van der Waals surface area contributed by atoms with Gasteiger partial charge < -0.3 is 10.2 Å². The van der Waals surface area contributed by atoms with Crippen LogP contribution in [-0.2, 0) is 21.4 Å². The number of para-hydroxylation sites is 1. The minimum Gasteiger partial charge on any atom is -0.358 e. The Morgan fingerprint density at radius 1 is 1.18 bits per heavy atom. The molecule has 0 unspecified atom stereocenters. The van der Waals surface area contributed by atoms with E-state index >= 15 is 0 Å². The Kier molecular flexibility index (Phi) is 4.52. The van der Waals surface area contributed by atoms with Crippen LogP contribution in [0, 0.1) is 0 Å². The fourth-order valence-corrected chi connectivity index (χ4v) is 4.89. The van der Waals surface area contributed by atoms with E-state index in [9.17, 15) is 18.0 Å². The summed E-state index contributed by atoms with van der Waals surface area (Å²) in [6, 6.07) is 6.49. The second-order valence-corrected chi connectivity index (χ2v) is 8.41. The highest BCUT2D eigenvalue weighted by Gasteiger charge is 2.36. The van der Waals surface area contributed by atoms with Crippen LogP contribution in [0.1, 0.15) is 16.2 Å². The molecule has 9 nitrogen and oxygen atoms in total. The summed E-state index contributed by atoms with van der Waals surface area (Å²) >= 11 is 0. The highest BCUT2D eigenvalue weighted by atomic mass is 32.2. The summed E-state index contributed by atoms with van der Waals surface area (Å²) in [5.41, 5.74) is 1.04. The molecule has 146 valence electrons. The van der Waals surface area contributed by atoms with Crippen molar-refractivity contribution < 1.29 is 18.0 Å². The zero-order valence-electron chi connectivity index (χ0n) is 15.2. The van der Waals surface area contributed by atoms with Crippen molar-refractivity contribution >= 4 is 21.8 Å². The van der Waals surface area contributed by atoms with Crippen molar-refractivity contribution in [3.05, 3.63) is 54.1 Å². The Hall–Kier alpha value is -2.98. The molecule has 0 atom stereocenters. The number of sulfonamides is 1. The highest BCUT2D eigenvalue weighted by molar-refractivity contribution is 7.89. The average Bonchev–Trinajstić information content (AvgIpc) is 3.35. The first-order chi connectivity index (χ1) is 13.4. The van der Waals surface area contributed by atoms with Crippen LogP contribution in [0.15, 0.2) is 47.6 Å². The number of carbonyl (C=O) groups excluding carboxylic acids is 2. The van der Waals surface area contributed by atoms with E-state index in [0.29, 0.717) is 24.5 Å². The van der Waals surface area contributed by atoms with Gasteiger partial charge in [-0.15, -0.1) is 0 Å². The molecule has 1 aromatic carbocycles. The van der Waals surface area contributed by atoms with E-state index in [1.165, 1.54) is 19.4 Å². The number of hydrogen-bond donors (Lipinski definition) is 1. The number of aromatic nitrogens is 2. The number of benzene rings is 1. The van der Waals surface area contributed by atoms with Gasteiger partial charge >= 0.3 is 0 Å². The largest absolute Gasteiger partial charge is 0.358 e. The lowest BCUT2D eigenvalue weighted by Gasteiger charge is -2.20. The molecule has 0 radical (unpaired) electrons. The Morgan fingerprint density at radius 3 is 2.61 bits per heavy atom. The minimum absolute atomic E-state index is 0.0666. The molecule has 0 aliphatic carbocycles. The number of amides is 2. The van der Waals surface area contributed by atoms with Gasteiger partial charge in [-0.1, -0.05) is 24.3 Å². The number of likely N-dealkylation sites (N-methyl/N-ethyl adjacent to an activating group) is 1. The third-order valence-electron chi connectivity index (χ3n) is 4.84. The van der Waals surface area contributed by atoms with Gasteiger partial charge in [0.25, 0.3) is 5.91 Å². The predicted octanol–water partition coefficient (Wildman–Crippen LogP) is 0.135. The Balaban J connectivity index is 1.86. The topological polar surface area (TPSA) is 105 Å². The van der Waals surface area contributed by atoms with Crippen molar-refractivity contribution in [2.45, 2.75) is 11.4 Å². The summed E-state index contributed by atoms with van der Waals surface area (Å²) in [7, 11) is -2.49. The molecule has 4 rings (SSSR count). The average molecular weight is 401 g/mol. The van der Waals surface area contributed by atoms with Crippen LogP contribution in [0.4, 0.5) is 0 Å². The normalized spacial score (nSPS) is 17.7. The van der Waals surface area contributed by atoms with E-state index in [-0.39, 0.29) is 29.6 Å². The monoisotopic (exact) mass is 401 g/mol. The van der Waals surface area contributed by atoms with Crippen LogP contribution in [0.2, 0.25) is 0 Å². The summed E-state index contributed by atoms with van der Waals surface area (Å²) in [6.07, 6.45) is 5.25. The van der Waals surface area contributed by atoms with Gasteiger partial charge in [-0.25, -0.2) is 13.4 Å². The Bertz CT molecular complexity index is 1080. The van der Waals surface area contributed by atoms with Crippen LogP contribution >= 0.6 is 0 Å². The molecule has 0 saturated heterocycles. The van der Waals surface area contributed by atoms with Gasteiger partial charge in [0.15, 0.2) is 5.69 Å². The van der Waals surface area contributed by atoms with Gasteiger partial charge in [0.1, 0.15) is 11.2 Å². The number of hydrogen-bond acceptors (Lipinski definition) is 5. The first kappa shape index (κ1) is 18.4. The number of nitrogens with zero attached hydrogens (tertiary/aromatic N) is 4. The molecule has 1 aromatic heterocycles. The van der Waals surface area contributed by atoms with Crippen molar-refractivity contribution in [3.8, 4) is 5.69 Å². The number of rotatable bonds is 3. The Labute approximate surface area is 162 Å². The van der Waals surface area contributed by atoms with Crippen LogP contribution in [0.25, 0.3) is 5.69 Å². The fourth-order valence-electron chi connectivity index (χ4n) is 3.35. The molecular formula is C18H19N5O4S. The summed E-state index contributed by atoms with van der Waals surface area (Å²) < 4.78 is 29.1. The lowest BCUT2D eigenvalue weighted by molar-refractivity contribution is -0.120. The molecule has 1 N–H and O–H groups in total. The molecule has 0 bridgehead atoms. The van der Waals surface area contributed by atoms with Crippen LogP contribution in [-0.4, -0.2) is 65.7 Å². The standard InChI is InChI=1S/C18H19N5O4S/c1-19-16(24)11-22-10-14-17(18(25)21-8-4-5-9-21)20-12-23(14)13-6-2-3-7-15(13)28(22,26)27/h2-7,12H,8-11H2,1H3,(H,19,24). The van der Waals surface area contributed by atoms with Crippen LogP contribution in [0.5, 0.6) is 0 Å². The maximum Gasteiger partial charge on any atom is 0.274 e. The van der Waals surface area contributed by atoms with E-state index in [4.69, 9.17) is 0 Å². The van der Waals surface area contributed by atoms with E-state index < -0.39 is 15.9 Å². The lowest BCUT2D eigenvalue weighted by atomic mass is 10.2. The van der Waals surface area contributed by atoms with Crippen molar-refractivity contribution in [1.29, 1.82) is 0 Å². The maximum atomic E-state index is 13.2. The first-order valence-corrected chi connectivity index (χ1v) is 10.2. The molecule has 3 heterocycles. The molecule has 2 aromatic rings. The quantitative estimate of drug-likeness (QED) is 0.737. The van der Waals surface area contributed by atoms with Gasteiger partial charge in [-0.2, -0.15) is 4.31 Å². The molecule has 28 heavy (non-hydrogen) atoms. The molecule has 0 saturated carbocycles. The second kappa shape index (κ2) is 6.88. The minimum atomic E-state index is -3.94. The molecular weight excluding hydrogens is 382 g/mol. The van der Waals surface area contributed by atoms with E-state index in [1.807, 2.05) is 12.2 Å². The molecule has 0 spiro atoms. The third-order valence-corrected chi connectivity index (χ3v) is 6.68. The molecule has 2 amide bonds. The number of fused-ring (bicyclic) bond motifs is 3. The highest BCUT2D eigenvalue weighted by Crippen LogP contribution is 2.31.